The number of methoxy groups -OCH3 is 1. The van der Waals surface area contributed by atoms with Gasteiger partial charge < -0.3 is 10.1 Å². The van der Waals surface area contributed by atoms with Crippen molar-refractivity contribution in [3.8, 4) is 5.75 Å². The molecule has 0 radical (unpaired) electrons. The SMILES string of the molecule is COc1cc(CNCC2CC2)ccc1C. The number of hydrogen-bond acceptors (Lipinski definition) is 2. The molecule has 1 N–H and O–H groups in total. The highest BCUT2D eigenvalue weighted by atomic mass is 16.5. The van der Waals surface area contributed by atoms with Crippen molar-refractivity contribution in [1.82, 2.24) is 5.32 Å². The van der Waals surface area contributed by atoms with Crippen LogP contribution in [0.25, 0.3) is 0 Å². The largest absolute Gasteiger partial charge is 0.496 e. The van der Waals surface area contributed by atoms with Crippen LogP contribution < -0.4 is 10.1 Å². The first-order valence-corrected chi connectivity index (χ1v) is 5.64. The Bertz CT molecular complexity index is 331. The molecule has 0 atom stereocenters. The Hall–Kier alpha value is -1.02. The molecule has 0 aliphatic heterocycles. The molecule has 1 fully saturated rings. The van der Waals surface area contributed by atoms with Gasteiger partial charge in [0, 0.05) is 6.54 Å². The van der Waals surface area contributed by atoms with Gasteiger partial charge >= 0.3 is 0 Å². The monoisotopic (exact) mass is 205 g/mol. The Balaban J connectivity index is 1.89. The van der Waals surface area contributed by atoms with Crippen LogP contribution >= 0.6 is 0 Å². The molecule has 2 nitrogen and oxygen atoms in total. The summed E-state index contributed by atoms with van der Waals surface area (Å²) in [6.45, 7) is 4.18. The fraction of sp³-hybridized carbons (Fsp3) is 0.538. The molecule has 1 aliphatic rings. The van der Waals surface area contributed by atoms with E-state index in [1.807, 2.05) is 0 Å². The fourth-order valence-electron chi connectivity index (χ4n) is 1.72. The second-order valence-electron chi connectivity index (χ2n) is 4.38. The lowest BCUT2D eigenvalue weighted by Gasteiger charge is -2.08. The van der Waals surface area contributed by atoms with Gasteiger partial charge in [-0.25, -0.2) is 0 Å². The first kappa shape index (κ1) is 10.5. The molecule has 0 heterocycles. The predicted octanol–water partition coefficient (Wildman–Crippen LogP) is 2.50. The van der Waals surface area contributed by atoms with Crippen molar-refractivity contribution in [2.24, 2.45) is 5.92 Å². The van der Waals surface area contributed by atoms with E-state index < -0.39 is 0 Å². The van der Waals surface area contributed by atoms with E-state index in [1.165, 1.54) is 24.0 Å². The summed E-state index contributed by atoms with van der Waals surface area (Å²) < 4.78 is 5.30. The molecular formula is C13H19NO. The van der Waals surface area contributed by atoms with E-state index in [9.17, 15) is 0 Å². The van der Waals surface area contributed by atoms with E-state index in [-0.39, 0.29) is 0 Å². The lowest BCUT2D eigenvalue weighted by Crippen LogP contribution is -2.16. The number of benzene rings is 1. The standard InChI is InChI=1S/C13H19NO/c1-10-3-4-12(7-13(10)15-2)9-14-8-11-5-6-11/h3-4,7,11,14H,5-6,8-9H2,1-2H3. The number of ether oxygens (including phenoxy) is 1. The van der Waals surface area contributed by atoms with E-state index in [0.717, 1.165) is 24.8 Å². The van der Waals surface area contributed by atoms with Gasteiger partial charge in [0.05, 0.1) is 7.11 Å². The molecule has 2 rings (SSSR count). The molecule has 1 aromatic rings. The molecule has 0 amide bonds. The van der Waals surface area contributed by atoms with E-state index in [2.05, 4.69) is 30.4 Å². The van der Waals surface area contributed by atoms with Gasteiger partial charge in [0.15, 0.2) is 0 Å². The van der Waals surface area contributed by atoms with Crippen molar-refractivity contribution < 1.29 is 4.74 Å². The quantitative estimate of drug-likeness (QED) is 0.797. The third-order valence-electron chi connectivity index (χ3n) is 2.93. The normalized spacial score (nSPS) is 15.3. The minimum atomic E-state index is 0.942. The summed E-state index contributed by atoms with van der Waals surface area (Å²) >= 11 is 0. The van der Waals surface area contributed by atoms with E-state index >= 15 is 0 Å². The molecular weight excluding hydrogens is 186 g/mol. The van der Waals surface area contributed by atoms with Gasteiger partial charge in [-0.05, 0) is 49.4 Å². The van der Waals surface area contributed by atoms with Gasteiger partial charge in [-0.3, -0.25) is 0 Å². The average Bonchev–Trinajstić information content (AvgIpc) is 3.04. The van der Waals surface area contributed by atoms with Crippen molar-refractivity contribution >= 4 is 0 Å². The van der Waals surface area contributed by atoms with E-state index in [0.29, 0.717) is 0 Å². The maximum absolute atomic E-state index is 5.30. The fourth-order valence-corrected chi connectivity index (χ4v) is 1.72. The van der Waals surface area contributed by atoms with Gasteiger partial charge in [0.1, 0.15) is 5.75 Å². The summed E-state index contributed by atoms with van der Waals surface area (Å²) in [5.74, 6) is 1.93. The molecule has 15 heavy (non-hydrogen) atoms. The zero-order valence-corrected chi connectivity index (χ0v) is 9.55. The summed E-state index contributed by atoms with van der Waals surface area (Å²) in [4.78, 5) is 0. The van der Waals surface area contributed by atoms with Crippen LogP contribution in [0, 0.1) is 12.8 Å². The minimum absolute atomic E-state index is 0.942. The molecule has 0 bridgehead atoms. The molecule has 0 aromatic heterocycles. The van der Waals surface area contributed by atoms with Crippen LogP contribution in [-0.2, 0) is 6.54 Å². The van der Waals surface area contributed by atoms with Crippen molar-refractivity contribution in [3.63, 3.8) is 0 Å². The van der Waals surface area contributed by atoms with Gasteiger partial charge in [-0.1, -0.05) is 12.1 Å². The Morgan fingerprint density at radius 3 is 2.87 bits per heavy atom. The molecule has 1 aliphatic carbocycles. The Morgan fingerprint density at radius 2 is 2.20 bits per heavy atom. The molecule has 0 spiro atoms. The van der Waals surface area contributed by atoms with Gasteiger partial charge in [-0.2, -0.15) is 0 Å². The Morgan fingerprint density at radius 1 is 1.40 bits per heavy atom. The highest BCUT2D eigenvalue weighted by Gasteiger charge is 2.20. The Labute approximate surface area is 91.6 Å². The van der Waals surface area contributed by atoms with Gasteiger partial charge in [-0.15, -0.1) is 0 Å². The summed E-state index contributed by atoms with van der Waals surface area (Å²) in [5, 5.41) is 3.48. The molecule has 82 valence electrons. The summed E-state index contributed by atoms with van der Waals surface area (Å²) in [6, 6.07) is 6.40. The third-order valence-corrected chi connectivity index (χ3v) is 2.93. The average molecular weight is 205 g/mol. The first-order valence-electron chi connectivity index (χ1n) is 5.64. The zero-order valence-electron chi connectivity index (χ0n) is 9.55. The van der Waals surface area contributed by atoms with E-state index in [1.54, 1.807) is 7.11 Å². The second-order valence-corrected chi connectivity index (χ2v) is 4.38. The van der Waals surface area contributed by atoms with E-state index in [4.69, 9.17) is 4.74 Å². The van der Waals surface area contributed by atoms with Crippen LogP contribution in [0.4, 0.5) is 0 Å². The van der Waals surface area contributed by atoms with Crippen LogP contribution in [0.2, 0.25) is 0 Å². The lowest BCUT2D eigenvalue weighted by atomic mass is 10.1. The minimum Gasteiger partial charge on any atom is -0.496 e. The first-order chi connectivity index (χ1) is 7.29. The number of nitrogens with one attached hydrogen (secondary N) is 1. The topological polar surface area (TPSA) is 21.3 Å². The van der Waals surface area contributed by atoms with Crippen molar-refractivity contribution in [2.75, 3.05) is 13.7 Å². The number of hydrogen-bond donors (Lipinski definition) is 1. The molecule has 2 heteroatoms. The molecule has 1 saturated carbocycles. The lowest BCUT2D eigenvalue weighted by molar-refractivity contribution is 0.411. The smallest absolute Gasteiger partial charge is 0.122 e. The summed E-state index contributed by atoms with van der Waals surface area (Å²) in [5.41, 5.74) is 2.50. The van der Waals surface area contributed by atoms with Gasteiger partial charge in [0.25, 0.3) is 0 Å². The summed E-state index contributed by atoms with van der Waals surface area (Å²) in [7, 11) is 1.73. The van der Waals surface area contributed by atoms with Crippen molar-refractivity contribution in [3.05, 3.63) is 29.3 Å². The van der Waals surface area contributed by atoms with Crippen molar-refractivity contribution in [2.45, 2.75) is 26.3 Å². The highest BCUT2D eigenvalue weighted by Crippen LogP contribution is 2.27. The third kappa shape index (κ3) is 2.96. The Kier molecular flexibility index (Phi) is 3.27. The predicted molar refractivity (Wildman–Crippen MR) is 62.2 cm³/mol. The van der Waals surface area contributed by atoms with Crippen molar-refractivity contribution in [1.29, 1.82) is 0 Å². The molecule has 1 aromatic carbocycles. The zero-order chi connectivity index (χ0) is 10.7. The number of aryl methyl sites for hydroxylation is 1. The van der Waals surface area contributed by atoms with Gasteiger partial charge in [0.2, 0.25) is 0 Å². The van der Waals surface area contributed by atoms with Crippen LogP contribution in [0.15, 0.2) is 18.2 Å². The number of rotatable bonds is 5. The molecule has 0 unspecified atom stereocenters. The summed E-state index contributed by atoms with van der Waals surface area (Å²) in [6.07, 6.45) is 2.81. The maximum Gasteiger partial charge on any atom is 0.122 e. The van der Waals surface area contributed by atoms with Crippen LogP contribution in [-0.4, -0.2) is 13.7 Å². The second kappa shape index (κ2) is 4.67. The maximum atomic E-state index is 5.30. The van der Waals surface area contributed by atoms with Crippen LogP contribution in [0.1, 0.15) is 24.0 Å². The van der Waals surface area contributed by atoms with Crippen LogP contribution in [0.3, 0.4) is 0 Å². The van der Waals surface area contributed by atoms with Crippen LogP contribution in [0.5, 0.6) is 5.75 Å². The molecule has 0 saturated heterocycles. The highest BCUT2D eigenvalue weighted by molar-refractivity contribution is 5.36.